The van der Waals surface area contributed by atoms with Gasteiger partial charge in [0.2, 0.25) is 0 Å². The molecule has 0 bridgehead atoms. The van der Waals surface area contributed by atoms with Crippen molar-refractivity contribution in [3.63, 3.8) is 0 Å². The number of hydrogen-bond acceptors (Lipinski definition) is 4. The van der Waals surface area contributed by atoms with E-state index in [1.165, 1.54) is 14.2 Å². The quantitative estimate of drug-likeness (QED) is 0.761. The van der Waals surface area contributed by atoms with Crippen LogP contribution in [0.1, 0.15) is 12.5 Å². The molecular formula is C13H18N2O2. The molecular weight excluding hydrogens is 216 g/mol. The lowest BCUT2D eigenvalue weighted by Crippen LogP contribution is -2.52. The first-order valence-electron chi connectivity index (χ1n) is 5.42. The van der Waals surface area contributed by atoms with Gasteiger partial charge in [-0.1, -0.05) is 30.3 Å². The van der Waals surface area contributed by atoms with E-state index in [4.69, 9.17) is 9.47 Å². The van der Waals surface area contributed by atoms with Gasteiger partial charge in [0, 0.05) is 20.8 Å². The lowest BCUT2D eigenvalue weighted by atomic mass is 10.0. The smallest absolute Gasteiger partial charge is 0.188 e. The van der Waals surface area contributed by atoms with Crippen molar-refractivity contribution in [1.29, 1.82) is 5.26 Å². The SMILES string of the molecule is COC(OC)C(C)(C#N)NCc1ccccc1. The largest absolute Gasteiger partial charge is 0.353 e. The van der Waals surface area contributed by atoms with Crippen LogP contribution in [0.25, 0.3) is 0 Å². The molecule has 92 valence electrons. The number of nitrogens with zero attached hydrogens (tertiary/aromatic N) is 1. The monoisotopic (exact) mass is 234 g/mol. The van der Waals surface area contributed by atoms with E-state index >= 15 is 0 Å². The number of nitriles is 1. The van der Waals surface area contributed by atoms with E-state index in [1.807, 2.05) is 30.3 Å². The summed E-state index contributed by atoms with van der Waals surface area (Å²) in [7, 11) is 3.04. The van der Waals surface area contributed by atoms with E-state index in [0.717, 1.165) is 5.56 Å². The van der Waals surface area contributed by atoms with Gasteiger partial charge >= 0.3 is 0 Å². The van der Waals surface area contributed by atoms with Crippen LogP contribution in [-0.2, 0) is 16.0 Å². The van der Waals surface area contributed by atoms with Crippen molar-refractivity contribution in [2.75, 3.05) is 14.2 Å². The van der Waals surface area contributed by atoms with Crippen molar-refractivity contribution in [1.82, 2.24) is 5.32 Å². The molecule has 1 N–H and O–H groups in total. The summed E-state index contributed by atoms with van der Waals surface area (Å²) in [5.74, 6) is 0. The predicted octanol–water partition coefficient (Wildman–Crippen LogP) is 1.68. The van der Waals surface area contributed by atoms with Crippen molar-refractivity contribution < 1.29 is 9.47 Å². The Morgan fingerprint density at radius 3 is 2.35 bits per heavy atom. The third-order valence-corrected chi connectivity index (χ3v) is 2.63. The maximum atomic E-state index is 9.22. The van der Waals surface area contributed by atoms with E-state index < -0.39 is 11.8 Å². The second-order valence-electron chi connectivity index (χ2n) is 3.96. The van der Waals surface area contributed by atoms with Gasteiger partial charge in [-0.3, -0.25) is 5.32 Å². The van der Waals surface area contributed by atoms with Crippen LogP contribution in [0.4, 0.5) is 0 Å². The van der Waals surface area contributed by atoms with Gasteiger partial charge in [-0.2, -0.15) is 5.26 Å². The summed E-state index contributed by atoms with van der Waals surface area (Å²) in [6.45, 7) is 2.35. The molecule has 4 heteroatoms. The van der Waals surface area contributed by atoms with Crippen molar-refractivity contribution in [3.8, 4) is 6.07 Å². The molecule has 1 aromatic carbocycles. The maximum Gasteiger partial charge on any atom is 0.188 e. The summed E-state index contributed by atoms with van der Waals surface area (Å²) in [4.78, 5) is 0. The van der Waals surface area contributed by atoms with Crippen molar-refractivity contribution >= 4 is 0 Å². The Labute approximate surface area is 102 Å². The van der Waals surface area contributed by atoms with Gasteiger partial charge in [0.05, 0.1) is 6.07 Å². The average molecular weight is 234 g/mol. The number of hydrogen-bond donors (Lipinski definition) is 1. The Hall–Kier alpha value is -1.41. The molecule has 0 heterocycles. The van der Waals surface area contributed by atoms with Crippen LogP contribution >= 0.6 is 0 Å². The molecule has 1 aromatic rings. The zero-order chi connectivity index (χ0) is 12.7. The fourth-order valence-corrected chi connectivity index (χ4v) is 1.62. The molecule has 4 nitrogen and oxygen atoms in total. The molecule has 1 unspecified atom stereocenters. The minimum absolute atomic E-state index is 0.591. The van der Waals surface area contributed by atoms with Crippen LogP contribution in [0, 0.1) is 11.3 Å². The molecule has 0 spiro atoms. The first-order valence-corrected chi connectivity index (χ1v) is 5.42. The molecule has 0 aliphatic carbocycles. The topological polar surface area (TPSA) is 54.3 Å². The van der Waals surface area contributed by atoms with E-state index in [0.29, 0.717) is 6.54 Å². The van der Waals surface area contributed by atoms with Gasteiger partial charge in [0.1, 0.15) is 0 Å². The number of nitrogens with one attached hydrogen (secondary N) is 1. The highest BCUT2D eigenvalue weighted by Gasteiger charge is 2.34. The Bertz CT molecular complexity index is 371. The molecule has 1 atom stereocenters. The van der Waals surface area contributed by atoms with E-state index in [2.05, 4.69) is 11.4 Å². The average Bonchev–Trinajstić information content (AvgIpc) is 2.39. The second kappa shape index (κ2) is 6.36. The van der Waals surface area contributed by atoms with Crippen LogP contribution in [0.3, 0.4) is 0 Å². The number of rotatable bonds is 6. The summed E-state index contributed by atoms with van der Waals surface area (Å²) < 4.78 is 10.3. The highest BCUT2D eigenvalue weighted by atomic mass is 16.7. The van der Waals surface area contributed by atoms with Crippen molar-refractivity contribution in [2.24, 2.45) is 0 Å². The van der Waals surface area contributed by atoms with Gasteiger partial charge in [-0.05, 0) is 12.5 Å². The fraction of sp³-hybridized carbons (Fsp3) is 0.462. The minimum Gasteiger partial charge on any atom is -0.353 e. The van der Waals surface area contributed by atoms with Gasteiger partial charge in [0.15, 0.2) is 11.8 Å². The summed E-state index contributed by atoms with van der Waals surface area (Å²) in [5.41, 5.74) is 0.235. The highest BCUT2D eigenvalue weighted by molar-refractivity contribution is 5.16. The van der Waals surface area contributed by atoms with Crippen LogP contribution in [0.15, 0.2) is 30.3 Å². The molecule has 0 aliphatic rings. The van der Waals surface area contributed by atoms with Gasteiger partial charge in [-0.25, -0.2) is 0 Å². The summed E-state index contributed by atoms with van der Waals surface area (Å²) in [5, 5.41) is 12.4. The molecule has 0 aliphatic heterocycles. The normalized spacial score (nSPS) is 14.3. The molecule has 0 amide bonds. The molecule has 0 aromatic heterocycles. The summed E-state index contributed by atoms with van der Waals surface area (Å²) in [6.07, 6.45) is -0.601. The predicted molar refractivity (Wildman–Crippen MR) is 65.1 cm³/mol. The van der Waals surface area contributed by atoms with Crippen LogP contribution in [-0.4, -0.2) is 26.0 Å². The van der Waals surface area contributed by atoms with Gasteiger partial charge in [0.25, 0.3) is 0 Å². The third kappa shape index (κ3) is 3.53. The van der Waals surface area contributed by atoms with Gasteiger partial charge in [-0.15, -0.1) is 0 Å². The highest BCUT2D eigenvalue weighted by Crippen LogP contribution is 2.14. The molecule has 17 heavy (non-hydrogen) atoms. The lowest BCUT2D eigenvalue weighted by molar-refractivity contribution is -0.137. The maximum absolute atomic E-state index is 9.22. The van der Waals surface area contributed by atoms with Crippen molar-refractivity contribution in [3.05, 3.63) is 35.9 Å². The van der Waals surface area contributed by atoms with E-state index in [9.17, 15) is 5.26 Å². The third-order valence-electron chi connectivity index (χ3n) is 2.63. The number of benzene rings is 1. The fourth-order valence-electron chi connectivity index (χ4n) is 1.62. The minimum atomic E-state index is -0.876. The van der Waals surface area contributed by atoms with Crippen LogP contribution in [0.5, 0.6) is 0 Å². The zero-order valence-electron chi connectivity index (χ0n) is 10.4. The van der Waals surface area contributed by atoms with E-state index in [1.54, 1.807) is 6.92 Å². The second-order valence-corrected chi connectivity index (χ2v) is 3.96. The summed E-state index contributed by atoms with van der Waals surface area (Å²) >= 11 is 0. The Balaban J connectivity index is 2.67. The first-order chi connectivity index (χ1) is 8.16. The lowest BCUT2D eigenvalue weighted by Gasteiger charge is -2.30. The Kier molecular flexibility index (Phi) is 5.11. The van der Waals surface area contributed by atoms with E-state index in [-0.39, 0.29) is 0 Å². The first kappa shape index (κ1) is 13.7. The Morgan fingerprint density at radius 2 is 1.88 bits per heavy atom. The van der Waals surface area contributed by atoms with Crippen LogP contribution in [0.2, 0.25) is 0 Å². The molecule has 1 rings (SSSR count). The number of methoxy groups -OCH3 is 2. The molecule has 0 saturated carbocycles. The molecule has 0 fully saturated rings. The summed E-state index contributed by atoms with van der Waals surface area (Å²) in [6, 6.07) is 12.1. The van der Waals surface area contributed by atoms with Crippen molar-refractivity contribution in [2.45, 2.75) is 25.3 Å². The molecule has 0 saturated heterocycles. The number of ether oxygens (including phenoxy) is 2. The zero-order valence-corrected chi connectivity index (χ0v) is 10.4. The van der Waals surface area contributed by atoms with Gasteiger partial charge < -0.3 is 9.47 Å². The molecule has 0 radical (unpaired) electrons. The van der Waals surface area contributed by atoms with Crippen LogP contribution < -0.4 is 5.32 Å². The standard InChI is InChI=1S/C13H18N2O2/c1-13(10-14,12(16-2)17-3)15-9-11-7-5-4-6-8-11/h4-8,12,15H,9H2,1-3H3. The Morgan fingerprint density at radius 1 is 1.29 bits per heavy atom.